The minimum absolute atomic E-state index is 0.123. The van der Waals surface area contributed by atoms with Crippen LogP contribution in [0.15, 0.2) is 12.4 Å². The fourth-order valence-corrected chi connectivity index (χ4v) is 2.84. The van der Waals surface area contributed by atoms with Gasteiger partial charge in [0.2, 0.25) is 0 Å². The lowest BCUT2D eigenvalue weighted by molar-refractivity contribution is -0.148. The van der Waals surface area contributed by atoms with Gasteiger partial charge in [-0.25, -0.2) is 14.8 Å². The van der Waals surface area contributed by atoms with Crippen molar-refractivity contribution in [3.05, 3.63) is 23.2 Å². The third-order valence-electron chi connectivity index (χ3n) is 3.64. The molecule has 1 fully saturated rings. The molecular weight excluding hydrogens is 282 g/mol. The fourth-order valence-electron chi connectivity index (χ4n) is 2.74. The van der Waals surface area contributed by atoms with E-state index >= 15 is 0 Å². The quantitative estimate of drug-likeness (QED) is 0.919. The third-order valence-corrected chi connectivity index (χ3v) is 3.83. The molecule has 0 spiro atoms. The van der Waals surface area contributed by atoms with Gasteiger partial charge < -0.3 is 10.0 Å². The highest BCUT2D eigenvalue weighted by atomic mass is 35.5. The van der Waals surface area contributed by atoms with Crippen molar-refractivity contribution in [2.24, 2.45) is 0 Å². The van der Waals surface area contributed by atoms with Crippen molar-refractivity contribution in [1.29, 1.82) is 0 Å². The van der Waals surface area contributed by atoms with Crippen molar-refractivity contribution in [2.75, 3.05) is 6.54 Å². The Balaban J connectivity index is 2.32. The van der Waals surface area contributed by atoms with Crippen LogP contribution in [0.25, 0.3) is 0 Å². The first kappa shape index (κ1) is 14.7. The molecule has 1 N–H and O–H groups in total. The van der Waals surface area contributed by atoms with Crippen molar-refractivity contribution < 1.29 is 14.7 Å². The summed E-state index contributed by atoms with van der Waals surface area (Å²) in [5, 5.41) is 9.75. The van der Waals surface area contributed by atoms with Gasteiger partial charge in [-0.3, -0.25) is 4.79 Å². The smallest absolute Gasteiger partial charge is 0.329 e. The molecule has 2 heterocycles. The molecule has 1 atom stereocenters. The van der Waals surface area contributed by atoms with Gasteiger partial charge >= 0.3 is 5.97 Å². The monoisotopic (exact) mass is 297 g/mol. The van der Waals surface area contributed by atoms with E-state index in [0.29, 0.717) is 32.2 Å². The van der Waals surface area contributed by atoms with E-state index in [0.717, 1.165) is 0 Å². The van der Waals surface area contributed by atoms with Gasteiger partial charge in [-0.05, 0) is 19.3 Å². The van der Waals surface area contributed by atoms with E-state index in [1.165, 1.54) is 17.3 Å². The number of carboxylic acid groups (broad SMARTS) is 1. The van der Waals surface area contributed by atoms with Crippen LogP contribution in [-0.4, -0.2) is 43.9 Å². The van der Waals surface area contributed by atoms with Crippen molar-refractivity contribution >= 4 is 23.5 Å². The van der Waals surface area contributed by atoms with Crippen LogP contribution in [0.3, 0.4) is 0 Å². The standard InChI is InChI=1S/C13H16ClN3O3/c1-2-4-13(12(19)20)5-3-6-17(13)11(18)9-7-16-10(14)8-15-9/h7-8H,2-6H2,1H3,(H,19,20). The number of likely N-dealkylation sites (tertiary alicyclic amines) is 1. The predicted octanol–water partition coefficient (Wildman–Crippen LogP) is 1.99. The van der Waals surface area contributed by atoms with E-state index in [1.54, 1.807) is 0 Å². The largest absolute Gasteiger partial charge is 0.479 e. The Morgan fingerprint density at radius 2 is 2.20 bits per heavy atom. The maximum Gasteiger partial charge on any atom is 0.329 e. The molecule has 7 heteroatoms. The fraction of sp³-hybridized carbons (Fsp3) is 0.538. The molecule has 1 aromatic heterocycles. The zero-order valence-corrected chi connectivity index (χ0v) is 11.9. The Morgan fingerprint density at radius 3 is 2.75 bits per heavy atom. The highest BCUT2D eigenvalue weighted by Gasteiger charge is 2.49. The molecule has 0 bridgehead atoms. The number of halogens is 1. The van der Waals surface area contributed by atoms with Crippen LogP contribution in [-0.2, 0) is 4.79 Å². The minimum Gasteiger partial charge on any atom is -0.479 e. The van der Waals surface area contributed by atoms with Crippen LogP contribution < -0.4 is 0 Å². The molecule has 1 saturated heterocycles. The van der Waals surface area contributed by atoms with Crippen molar-refractivity contribution in [3.8, 4) is 0 Å². The van der Waals surface area contributed by atoms with Crippen LogP contribution >= 0.6 is 11.6 Å². The van der Waals surface area contributed by atoms with Gasteiger partial charge in [-0.2, -0.15) is 0 Å². The number of carbonyl (C=O) groups is 2. The lowest BCUT2D eigenvalue weighted by atomic mass is 9.90. The summed E-state index contributed by atoms with van der Waals surface area (Å²) in [7, 11) is 0. The van der Waals surface area contributed by atoms with Crippen LogP contribution in [0.2, 0.25) is 5.15 Å². The van der Waals surface area contributed by atoms with Gasteiger partial charge in [0, 0.05) is 6.54 Å². The maximum atomic E-state index is 12.5. The van der Waals surface area contributed by atoms with E-state index in [1.807, 2.05) is 6.92 Å². The minimum atomic E-state index is -1.12. The second kappa shape index (κ2) is 5.75. The van der Waals surface area contributed by atoms with Gasteiger partial charge in [-0.15, -0.1) is 0 Å². The van der Waals surface area contributed by atoms with E-state index in [2.05, 4.69) is 9.97 Å². The average Bonchev–Trinajstić information content (AvgIpc) is 2.84. The number of aliphatic carboxylic acids is 1. The molecular formula is C13H16ClN3O3. The average molecular weight is 298 g/mol. The molecule has 0 aliphatic carbocycles. The molecule has 1 unspecified atom stereocenters. The first-order valence-corrected chi connectivity index (χ1v) is 6.92. The number of aromatic nitrogens is 2. The van der Waals surface area contributed by atoms with Crippen LogP contribution in [0, 0.1) is 0 Å². The van der Waals surface area contributed by atoms with Crippen LogP contribution in [0.1, 0.15) is 43.1 Å². The van der Waals surface area contributed by atoms with E-state index < -0.39 is 17.4 Å². The molecule has 2 rings (SSSR count). The summed E-state index contributed by atoms with van der Waals surface area (Å²) >= 11 is 5.64. The molecule has 1 amide bonds. The Kier molecular flexibility index (Phi) is 4.23. The zero-order valence-electron chi connectivity index (χ0n) is 11.2. The van der Waals surface area contributed by atoms with Gasteiger partial charge in [0.1, 0.15) is 16.4 Å². The predicted molar refractivity (Wildman–Crippen MR) is 72.6 cm³/mol. The molecule has 1 aliphatic rings. The molecule has 1 aromatic rings. The van der Waals surface area contributed by atoms with Crippen molar-refractivity contribution in [2.45, 2.75) is 38.1 Å². The number of carbonyl (C=O) groups excluding carboxylic acids is 1. The number of hydrogen-bond donors (Lipinski definition) is 1. The molecule has 0 aromatic carbocycles. The number of rotatable bonds is 4. The van der Waals surface area contributed by atoms with Crippen LogP contribution in [0.4, 0.5) is 0 Å². The Bertz CT molecular complexity index is 520. The number of nitrogens with zero attached hydrogens (tertiary/aromatic N) is 3. The van der Waals surface area contributed by atoms with Crippen molar-refractivity contribution in [1.82, 2.24) is 14.9 Å². The summed E-state index contributed by atoms with van der Waals surface area (Å²) < 4.78 is 0. The number of carboxylic acids is 1. The van der Waals surface area contributed by atoms with Gasteiger partial charge in [0.05, 0.1) is 12.4 Å². The number of amides is 1. The molecule has 0 saturated carbocycles. The van der Waals surface area contributed by atoms with Crippen molar-refractivity contribution in [3.63, 3.8) is 0 Å². The summed E-state index contributed by atoms with van der Waals surface area (Å²) in [5.41, 5.74) is -0.995. The Labute approximate surface area is 121 Å². The lowest BCUT2D eigenvalue weighted by Gasteiger charge is -2.34. The SMILES string of the molecule is CCCC1(C(=O)O)CCCN1C(=O)c1cnc(Cl)cn1. The first-order chi connectivity index (χ1) is 9.51. The van der Waals surface area contributed by atoms with E-state index in [-0.39, 0.29) is 10.8 Å². The molecule has 0 radical (unpaired) electrons. The Morgan fingerprint density at radius 1 is 1.45 bits per heavy atom. The third kappa shape index (κ3) is 2.47. The summed E-state index contributed by atoms with van der Waals surface area (Å²) in [4.78, 5) is 33.3. The zero-order chi connectivity index (χ0) is 14.8. The molecule has 6 nitrogen and oxygen atoms in total. The van der Waals surface area contributed by atoms with Gasteiger partial charge in [0.25, 0.3) is 5.91 Å². The topological polar surface area (TPSA) is 83.4 Å². The highest BCUT2D eigenvalue weighted by molar-refractivity contribution is 6.29. The summed E-state index contributed by atoms with van der Waals surface area (Å²) in [6.45, 7) is 2.34. The normalized spacial score (nSPS) is 22.0. The lowest BCUT2D eigenvalue weighted by Crippen LogP contribution is -2.53. The second-order valence-corrected chi connectivity index (χ2v) is 5.26. The van der Waals surface area contributed by atoms with Crippen LogP contribution in [0.5, 0.6) is 0 Å². The Hall–Kier alpha value is -1.69. The van der Waals surface area contributed by atoms with Gasteiger partial charge in [0.15, 0.2) is 0 Å². The summed E-state index contributed by atoms with van der Waals surface area (Å²) in [5.74, 6) is -1.35. The maximum absolute atomic E-state index is 12.5. The summed E-state index contributed by atoms with van der Waals surface area (Å²) in [6, 6.07) is 0. The molecule has 1 aliphatic heterocycles. The second-order valence-electron chi connectivity index (χ2n) is 4.87. The van der Waals surface area contributed by atoms with Gasteiger partial charge in [-0.1, -0.05) is 24.9 Å². The van der Waals surface area contributed by atoms with E-state index in [9.17, 15) is 14.7 Å². The molecule has 20 heavy (non-hydrogen) atoms. The number of hydrogen-bond acceptors (Lipinski definition) is 4. The molecule has 108 valence electrons. The highest BCUT2D eigenvalue weighted by Crippen LogP contribution is 2.35. The van der Waals surface area contributed by atoms with E-state index in [4.69, 9.17) is 11.6 Å². The summed E-state index contributed by atoms with van der Waals surface area (Å²) in [6.07, 6.45) is 4.86. The first-order valence-electron chi connectivity index (χ1n) is 6.54.